The zero-order valence-electron chi connectivity index (χ0n) is 14.8. The molecule has 1 unspecified atom stereocenters. The smallest absolute Gasteiger partial charge is 0.172 e. The number of phenols is 1. The normalized spacial score (nSPS) is 14.6. The maximum atomic E-state index is 11.6. The molecule has 0 aliphatic heterocycles. The second-order valence-corrected chi connectivity index (χ2v) is 6.29. The Morgan fingerprint density at radius 2 is 2.00 bits per heavy atom. The van der Waals surface area contributed by atoms with Crippen LogP contribution in [-0.2, 0) is 12.1 Å². The number of benzene rings is 2. The van der Waals surface area contributed by atoms with Crippen LogP contribution in [-0.4, -0.2) is 33.3 Å². The van der Waals surface area contributed by atoms with E-state index in [0.717, 1.165) is 5.69 Å². The van der Waals surface area contributed by atoms with Crippen molar-refractivity contribution in [2.75, 3.05) is 7.11 Å². The van der Waals surface area contributed by atoms with Crippen LogP contribution in [0.15, 0.2) is 61.1 Å². The zero-order chi connectivity index (χ0) is 18.6. The lowest BCUT2D eigenvalue weighted by Gasteiger charge is -2.34. The SMILES string of the molecule is COc1ccc(O)c(C(O)(N[C@H](C)Cc2cnc[nH]2)c2ccccc2)c1. The summed E-state index contributed by atoms with van der Waals surface area (Å²) in [6.45, 7) is 1.96. The first-order valence-corrected chi connectivity index (χ1v) is 8.43. The number of nitrogens with zero attached hydrogens (tertiary/aromatic N) is 1. The Bertz CT molecular complexity index is 837. The van der Waals surface area contributed by atoms with Crippen molar-refractivity contribution in [3.8, 4) is 11.5 Å². The average Bonchev–Trinajstić information content (AvgIpc) is 3.15. The van der Waals surface area contributed by atoms with Crippen LogP contribution >= 0.6 is 0 Å². The molecule has 4 N–H and O–H groups in total. The van der Waals surface area contributed by atoms with Gasteiger partial charge in [-0.25, -0.2) is 4.98 Å². The molecule has 6 nitrogen and oxygen atoms in total. The number of ether oxygens (including phenoxy) is 1. The molecule has 3 aromatic rings. The number of methoxy groups -OCH3 is 1. The average molecular weight is 353 g/mol. The molecule has 0 spiro atoms. The van der Waals surface area contributed by atoms with Crippen molar-refractivity contribution < 1.29 is 14.9 Å². The summed E-state index contributed by atoms with van der Waals surface area (Å²) in [6, 6.07) is 13.9. The Balaban J connectivity index is 2.00. The van der Waals surface area contributed by atoms with Crippen LogP contribution in [0.2, 0.25) is 0 Å². The van der Waals surface area contributed by atoms with Gasteiger partial charge in [0, 0.05) is 35.5 Å². The van der Waals surface area contributed by atoms with E-state index in [4.69, 9.17) is 4.74 Å². The fourth-order valence-electron chi connectivity index (χ4n) is 3.06. The highest BCUT2D eigenvalue weighted by molar-refractivity contribution is 5.47. The van der Waals surface area contributed by atoms with Gasteiger partial charge in [0.15, 0.2) is 5.72 Å². The van der Waals surface area contributed by atoms with Gasteiger partial charge in [0.1, 0.15) is 11.5 Å². The van der Waals surface area contributed by atoms with Crippen molar-refractivity contribution in [2.24, 2.45) is 0 Å². The van der Waals surface area contributed by atoms with Gasteiger partial charge in [0.2, 0.25) is 0 Å². The van der Waals surface area contributed by atoms with Crippen LogP contribution in [0.25, 0.3) is 0 Å². The lowest BCUT2D eigenvalue weighted by atomic mass is 9.92. The number of hydrogen-bond acceptors (Lipinski definition) is 5. The van der Waals surface area contributed by atoms with Crippen molar-refractivity contribution in [3.05, 3.63) is 77.9 Å². The van der Waals surface area contributed by atoms with Crippen molar-refractivity contribution >= 4 is 0 Å². The van der Waals surface area contributed by atoms with Gasteiger partial charge in [-0.2, -0.15) is 0 Å². The van der Waals surface area contributed by atoms with Crippen molar-refractivity contribution in [1.29, 1.82) is 0 Å². The standard InChI is InChI=1S/C20H23N3O3/c1-14(10-16-12-21-13-22-16)23-20(25,15-6-4-3-5-7-15)18-11-17(26-2)8-9-19(18)24/h3-9,11-14,23-25H,10H2,1-2H3,(H,21,22)/t14-,20?/m1/s1. The molecular formula is C20H23N3O3. The van der Waals surface area contributed by atoms with Crippen LogP contribution in [0.5, 0.6) is 11.5 Å². The van der Waals surface area contributed by atoms with Crippen LogP contribution in [0.4, 0.5) is 0 Å². The van der Waals surface area contributed by atoms with Gasteiger partial charge in [-0.05, 0) is 25.1 Å². The molecular weight excluding hydrogens is 330 g/mol. The molecule has 3 rings (SSSR count). The van der Waals surface area contributed by atoms with E-state index in [1.807, 2.05) is 37.3 Å². The predicted molar refractivity (Wildman–Crippen MR) is 99.0 cm³/mol. The molecule has 26 heavy (non-hydrogen) atoms. The highest BCUT2D eigenvalue weighted by atomic mass is 16.5. The maximum absolute atomic E-state index is 11.6. The van der Waals surface area contributed by atoms with E-state index in [1.165, 1.54) is 6.07 Å². The van der Waals surface area contributed by atoms with Crippen molar-refractivity contribution in [3.63, 3.8) is 0 Å². The van der Waals surface area contributed by atoms with E-state index in [1.54, 1.807) is 31.8 Å². The number of phenolic OH excluding ortho intramolecular Hbond substituents is 1. The van der Waals surface area contributed by atoms with Gasteiger partial charge in [0.25, 0.3) is 0 Å². The van der Waals surface area contributed by atoms with Crippen molar-refractivity contribution in [1.82, 2.24) is 15.3 Å². The first-order valence-electron chi connectivity index (χ1n) is 8.43. The molecule has 2 aromatic carbocycles. The Hall–Kier alpha value is -2.83. The number of imidazole rings is 1. The number of aliphatic hydroxyl groups is 1. The Morgan fingerprint density at radius 3 is 2.65 bits per heavy atom. The van der Waals surface area contributed by atoms with Crippen LogP contribution in [0, 0.1) is 0 Å². The molecule has 0 radical (unpaired) electrons. The largest absolute Gasteiger partial charge is 0.507 e. The third kappa shape index (κ3) is 3.71. The zero-order valence-corrected chi connectivity index (χ0v) is 14.8. The number of aromatic hydroxyl groups is 1. The van der Waals surface area contributed by atoms with Gasteiger partial charge < -0.3 is 19.9 Å². The highest BCUT2D eigenvalue weighted by Crippen LogP contribution is 2.36. The molecule has 6 heteroatoms. The van der Waals surface area contributed by atoms with Gasteiger partial charge in [0.05, 0.1) is 13.4 Å². The fraction of sp³-hybridized carbons (Fsp3) is 0.250. The van der Waals surface area contributed by atoms with Crippen LogP contribution < -0.4 is 10.1 Å². The number of aromatic nitrogens is 2. The quantitative estimate of drug-likeness (QED) is 0.490. The molecule has 1 heterocycles. The number of nitrogens with one attached hydrogen (secondary N) is 2. The number of hydrogen-bond donors (Lipinski definition) is 4. The fourth-order valence-corrected chi connectivity index (χ4v) is 3.06. The van der Waals surface area contributed by atoms with Crippen molar-refractivity contribution in [2.45, 2.75) is 25.1 Å². The summed E-state index contributed by atoms with van der Waals surface area (Å²) in [5.41, 5.74) is 0.328. The molecule has 0 aliphatic carbocycles. The summed E-state index contributed by atoms with van der Waals surface area (Å²) >= 11 is 0. The molecule has 0 bridgehead atoms. The van der Waals surface area contributed by atoms with Crippen LogP contribution in [0.3, 0.4) is 0 Å². The number of rotatable bonds is 7. The third-order valence-electron chi connectivity index (χ3n) is 4.32. The van der Waals surface area contributed by atoms with E-state index in [2.05, 4.69) is 15.3 Å². The van der Waals surface area contributed by atoms with Gasteiger partial charge in [-0.3, -0.25) is 5.32 Å². The monoisotopic (exact) mass is 353 g/mol. The predicted octanol–water partition coefficient (Wildman–Crippen LogP) is 2.54. The van der Waals surface area contributed by atoms with E-state index in [0.29, 0.717) is 23.3 Å². The second-order valence-electron chi connectivity index (χ2n) is 6.29. The molecule has 136 valence electrons. The van der Waals surface area contributed by atoms with Gasteiger partial charge in [-0.15, -0.1) is 0 Å². The second kappa shape index (κ2) is 7.59. The number of H-pyrrole nitrogens is 1. The molecule has 0 fully saturated rings. The first kappa shape index (κ1) is 18.0. The summed E-state index contributed by atoms with van der Waals surface area (Å²) < 4.78 is 5.27. The molecule has 0 saturated carbocycles. The van der Waals surface area contributed by atoms with Crippen LogP contribution in [0.1, 0.15) is 23.7 Å². The Kier molecular flexibility index (Phi) is 5.25. The third-order valence-corrected chi connectivity index (χ3v) is 4.32. The maximum Gasteiger partial charge on any atom is 0.172 e. The van der Waals surface area contributed by atoms with E-state index in [9.17, 15) is 10.2 Å². The number of aromatic amines is 1. The van der Waals surface area contributed by atoms with Gasteiger partial charge >= 0.3 is 0 Å². The van der Waals surface area contributed by atoms with Gasteiger partial charge in [-0.1, -0.05) is 30.3 Å². The molecule has 0 saturated heterocycles. The summed E-state index contributed by atoms with van der Waals surface area (Å²) in [4.78, 5) is 7.08. The minimum Gasteiger partial charge on any atom is -0.507 e. The lowest BCUT2D eigenvalue weighted by molar-refractivity contribution is 0.0297. The lowest BCUT2D eigenvalue weighted by Crippen LogP contribution is -2.48. The van der Waals surface area contributed by atoms with E-state index >= 15 is 0 Å². The minimum atomic E-state index is -1.58. The molecule has 0 aliphatic rings. The Labute approximate surface area is 152 Å². The summed E-state index contributed by atoms with van der Waals surface area (Å²) in [5, 5.41) is 25.3. The van der Waals surface area contributed by atoms with E-state index < -0.39 is 5.72 Å². The summed E-state index contributed by atoms with van der Waals surface area (Å²) in [6.07, 6.45) is 4.02. The summed E-state index contributed by atoms with van der Waals surface area (Å²) in [5.74, 6) is 0.536. The molecule has 0 amide bonds. The van der Waals surface area contributed by atoms with E-state index in [-0.39, 0.29) is 11.8 Å². The molecule has 2 atom stereocenters. The Morgan fingerprint density at radius 1 is 1.23 bits per heavy atom. The first-order chi connectivity index (χ1) is 12.5. The topological polar surface area (TPSA) is 90.4 Å². The molecule has 1 aromatic heterocycles. The minimum absolute atomic E-state index is 0.0154. The highest BCUT2D eigenvalue weighted by Gasteiger charge is 2.35. The summed E-state index contributed by atoms with van der Waals surface area (Å²) in [7, 11) is 1.55.